The fraction of sp³-hybridized carbons (Fsp3) is 0.357. The first-order valence-electron chi connectivity index (χ1n) is 6.43. The molecule has 8 heteroatoms. The van der Waals surface area contributed by atoms with Crippen LogP contribution in [0.15, 0.2) is 27.8 Å². The number of esters is 1. The molecule has 1 aromatic carbocycles. The number of ether oxygens (including phenoxy) is 3. The van der Waals surface area contributed by atoms with E-state index in [2.05, 4.69) is 14.9 Å². The van der Waals surface area contributed by atoms with Crippen molar-refractivity contribution >= 4 is 17.7 Å². The minimum atomic E-state index is -0.271. The van der Waals surface area contributed by atoms with Crippen molar-refractivity contribution in [2.24, 2.45) is 0 Å². The van der Waals surface area contributed by atoms with Gasteiger partial charge in [-0.15, -0.1) is 10.2 Å². The van der Waals surface area contributed by atoms with Crippen LogP contribution < -0.4 is 9.47 Å². The minimum absolute atomic E-state index is 0.271. The van der Waals surface area contributed by atoms with Crippen LogP contribution in [0.3, 0.4) is 0 Å². The molecule has 0 aliphatic heterocycles. The molecule has 0 fully saturated rings. The van der Waals surface area contributed by atoms with Gasteiger partial charge in [-0.3, -0.25) is 4.79 Å². The van der Waals surface area contributed by atoms with Crippen LogP contribution in [0, 0.1) is 0 Å². The third-order valence-corrected chi connectivity index (χ3v) is 3.62. The van der Waals surface area contributed by atoms with E-state index in [-0.39, 0.29) is 12.4 Å². The van der Waals surface area contributed by atoms with Gasteiger partial charge in [0.05, 0.1) is 27.8 Å². The molecule has 1 aromatic heterocycles. The Morgan fingerprint density at radius 1 is 1.18 bits per heavy atom. The average Bonchev–Trinajstić information content (AvgIpc) is 3.02. The van der Waals surface area contributed by atoms with Crippen molar-refractivity contribution in [2.75, 3.05) is 27.1 Å². The van der Waals surface area contributed by atoms with Gasteiger partial charge in [0.2, 0.25) is 5.89 Å². The molecule has 22 heavy (non-hydrogen) atoms. The van der Waals surface area contributed by atoms with Crippen LogP contribution in [0.5, 0.6) is 11.5 Å². The highest BCUT2D eigenvalue weighted by Gasteiger charge is 2.13. The second-order valence-electron chi connectivity index (χ2n) is 4.12. The number of thioether (sulfide) groups is 1. The van der Waals surface area contributed by atoms with Crippen molar-refractivity contribution in [3.63, 3.8) is 0 Å². The van der Waals surface area contributed by atoms with Gasteiger partial charge in [-0.25, -0.2) is 0 Å². The quantitative estimate of drug-likeness (QED) is 0.567. The Kier molecular flexibility index (Phi) is 5.65. The number of rotatable bonds is 7. The third kappa shape index (κ3) is 3.91. The lowest BCUT2D eigenvalue weighted by molar-refractivity contribution is -0.140. The number of benzene rings is 1. The summed E-state index contributed by atoms with van der Waals surface area (Å²) < 4.78 is 20.5. The van der Waals surface area contributed by atoms with E-state index in [0.717, 1.165) is 5.56 Å². The van der Waals surface area contributed by atoms with E-state index in [9.17, 15) is 4.79 Å². The lowest BCUT2D eigenvalue weighted by Crippen LogP contribution is -2.00. The van der Waals surface area contributed by atoms with Crippen molar-refractivity contribution in [3.8, 4) is 23.0 Å². The van der Waals surface area contributed by atoms with E-state index in [4.69, 9.17) is 13.9 Å². The SMILES string of the molecule is COC(=O)CCSc1nnc(-c2ccc(OC)c(OC)c2)o1. The maximum absolute atomic E-state index is 11.0. The molecule has 2 aromatic rings. The number of carbonyl (C=O) groups is 1. The fourth-order valence-electron chi connectivity index (χ4n) is 1.68. The molecule has 2 rings (SSSR count). The fourth-order valence-corrected chi connectivity index (χ4v) is 2.36. The van der Waals surface area contributed by atoms with Crippen LogP contribution in [0.4, 0.5) is 0 Å². The van der Waals surface area contributed by atoms with E-state index in [1.807, 2.05) is 0 Å². The van der Waals surface area contributed by atoms with E-state index < -0.39 is 0 Å². The zero-order valence-electron chi connectivity index (χ0n) is 12.5. The van der Waals surface area contributed by atoms with Crippen LogP contribution in [0.2, 0.25) is 0 Å². The van der Waals surface area contributed by atoms with Crippen molar-refractivity contribution < 1.29 is 23.4 Å². The Hall–Kier alpha value is -2.22. The van der Waals surface area contributed by atoms with Gasteiger partial charge in [0.15, 0.2) is 11.5 Å². The number of methoxy groups -OCH3 is 3. The van der Waals surface area contributed by atoms with Crippen LogP contribution in [-0.2, 0) is 9.53 Å². The van der Waals surface area contributed by atoms with E-state index >= 15 is 0 Å². The monoisotopic (exact) mass is 324 g/mol. The predicted molar refractivity (Wildman–Crippen MR) is 80.2 cm³/mol. The third-order valence-electron chi connectivity index (χ3n) is 2.80. The molecule has 0 aliphatic rings. The number of nitrogens with zero attached hydrogens (tertiary/aromatic N) is 2. The summed E-state index contributed by atoms with van der Waals surface area (Å²) in [5.41, 5.74) is 0.727. The molecule has 0 unspecified atom stereocenters. The molecule has 0 N–H and O–H groups in total. The van der Waals surface area contributed by atoms with E-state index in [0.29, 0.717) is 28.4 Å². The Morgan fingerprint density at radius 3 is 2.64 bits per heavy atom. The first kappa shape index (κ1) is 16.2. The molecule has 0 amide bonds. The number of hydrogen-bond acceptors (Lipinski definition) is 8. The van der Waals surface area contributed by atoms with Gasteiger partial charge in [0.1, 0.15) is 0 Å². The van der Waals surface area contributed by atoms with Gasteiger partial charge in [-0.1, -0.05) is 11.8 Å². The van der Waals surface area contributed by atoms with Gasteiger partial charge in [-0.2, -0.15) is 0 Å². The summed E-state index contributed by atoms with van der Waals surface area (Å²) in [6.07, 6.45) is 0.287. The van der Waals surface area contributed by atoms with Gasteiger partial charge >= 0.3 is 5.97 Å². The lowest BCUT2D eigenvalue weighted by atomic mass is 10.2. The highest BCUT2D eigenvalue weighted by molar-refractivity contribution is 7.99. The topological polar surface area (TPSA) is 83.7 Å². The molecule has 118 valence electrons. The molecule has 7 nitrogen and oxygen atoms in total. The van der Waals surface area contributed by atoms with Crippen LogP contribution in [0.1, 0.15) is 6.42 Å². The highest BCUT2D eigenvalue weighted by Crippen LogP contribution is 2.32. The minimum Gasteiger partial charge on any atom is -0.493 e. The second kappa shape index (κ2) is 7.69. The Bertz CT molecular complexity index is 644. The summed E-state index contributed by atoms with van der Waals surface area (Å²) in [5, 5.41) is 8.32. The number of hydrogen-bond donors (Lipinski definition) is 0. The lowest BCUT2D eigenvalue weighted by Gasteiger charge is -2.07. The molecular formula is C14H16N2O5S. The average molecular weight is 324 g/mol. The molecule has 0 bridgehead atoms. The van der Waals surface area contributed by atoms with Crippen LogP contribution in [-0.4, -0.2) is 43.2 Å². The Morgan fingerprint density at radius 2 is 1.95 bits per heavy atom. The molecule has 0 aliphatic carbocycles. The standard InChI is InChI=1S/C14H16N2O5S/c1-18-10-5-4-9(8-11(10)19-2)13-15-16-14(21-13)22-7-6-12(17)20-3/h4-5,8H,6-7H2,1-3H3. The summed E-state index contributed by atoms with van der Waals surface area (Å²) in [5.74, 6) is 1.82. The zero-order valence-corrected chi connectivity index (χ0v) is 13.3. The maximum atomic E-state index is 11.0. The largest absolute Gasteiger partial charge is 0.493 e. The van der Waals surface area contributed by atoms with Crippen LogP contribution in [0.25, 0.3) is 11.5 Å². The van der Waals surface area contributed by atoms with Crippen molar-refractivity contribution in [2.45, 2.75) is 11.6 Å². The summed E-state index contributed by atoms with van der Waals surface area (Å²) in [7, 11) is 4.48. The van der Waals surface area contributed by atoms with Crippen molar-refractivity contribution in [1.29, 1.82) is 0 Å². The van der Waals surface area contributed by atoms with Gasteiger partial charge in [0, 0.05) is 11.3 Å². The molecule has 0 saturated heterocycles. The van der Waals surface area contributed by atoms with E-state index in [1.54, 1.807) is 32.4 Å². The summed E-state index contributed by atoms with van der Waals surface area (Å²) in [6, 6.07) is 5.33. The summed E-state index contributed by atoms with van der Waals surface area (Å²) >= 11 is 1.30. The van der Waals surface area contributed by atoms with Crippen molar-refractivity contribution in [3.05, 3.63) is 18.2 Å². The highest BCUT2D eigenvalue weighted by atomic mass is 32.2. The molecule has 0 saturated carbocycles. The molecule has 0 spiro atoms. The molecule has 0 atom stereocenters. The van der Waals surface area contributed by atoms with Crippen molar-refractivity contribution in [1.82, 2.24) is 10.2 Å². The Labute approximate surface area is 132 Å². The number of carbonyl (C=O) groups excluding carboxylic acids is 1. The van der Waals surface area contributed by atoms with E-state index in [1.165, 1.54) is 18.9 Å². The molecular weight excluding hydrogens is 308 g/mol. The Balaban J connectivity index is 2.06. The normalized spacial score (nSPS) is 10.3. The first-order valence-corrected chi connectivity index (χ1v) is 7.42. The summed E-state index contributed by atoms with van der Waals surface area (Å²) in [6.45, 7) is 0. The first-order chi connectivity index (χ1) is 10.7. The summed E-state index contributed by atoms with van der Waals surface area (Å²) in [4.78, 5) is 11.0. The maximum Gasteiger partial charge on any atom is 0.306 e. The van der Waals surface area contributed by atoms with Gasteiger partial charge in [0.25, 0.3) is 5.22 Å². The van der Waals surface area contributed by atoms with Gasteiger partial charge < -0.3 is 18.6 Å². The predicted octanol–water partition coefficient (Wildman–Crippen LogP) is 2.41. The molecule has 0 radical (unpaired) electrons. The second-order valence-corrected chi connectivity index (χ2v) is 5.16. The zero-order chi connectivity index (χ0) is 15.9. The molecule has 1 heterocycles. The number of aromatic nitrogens is 2. The van der Waals surface area contributed by atoms with Crippen LogP contribution >= 0.6 is 11.8 Å². The van der Waals surface area contributed by atoms with Gasteiger partial charge in [-0.05, 0) is 18.2 Å². The smallest absolute Gasteiger partial charge is 0.306 e.